The number of carboxylic acids is 1. The van der Waals surface area contributed by atoms with Crippen molar-refractivity contribution >= 4 is 17.6 Å². The number of tetrazole rings is 1. The Balaban J connectivity index is 1.51. The number of rotatable bonds is 7. The number of aromatic nitrogens is 4. The highest BCUT2D eigenvalue weighted by Gasteiger charge is 2.37. The van der Waals surface area contributed by atoms with Gasteiger partial charge in [0.1, 0.15) is 6.04 Å². The second kappa shape index (κ2) is 9.22. The Morgan fingerprint density at radius 1 is 1.26 bits per heavy atom. The first kappa shape index (κ1) is 22.6. The number of anilines is 1. The van der Waals surface area contributed by atoms with Gasteiger partial charge in [-0.3, -0.25) is 14.5 Å². The van der Waals surface area contributed by atoms with Crippen LogP contribution in [0.5, 0.6) is 17.2 Å². The number of hydrogen-bond donors (Lipinski definition) is 2. The van der Waals surface area contributed by atoms with Gasteiger partial charge in [0.15, 0.2) is 17.3 Å². The second-order valence-electron chi connectivity index (χ2n) is 8.29. The van der Waals surface area contributed by atoms with Crippen molar-refractivity contribution in [3.8, 4) is 22.9 Å². The standard InChI is InChI=1S/C23H24N6O6/c1-28-9-8-13-10-16-21(35-12-34-16)22(33-2)19(13)20(28)23-25-26-27-29(23)15-5-3-4-14(11-15)24-17(30)6-7-18(31)32/h3-5,10-11,20H,6-9,12H2,1-2H3,(H,24,30)(H,31,32). The molecule has 12 nitrogen and oxygen atoms in total. The van der Waals surface area contributed by atoms with Crippen LogP contribution in [0.1, 0.15) is 35.8 Å². The van der Waals surface area contributed by atoms with Crippen LogP contribution in [-0.4, -0.2) is 69.6 Å². The van der Waals surface area contributed by atoms with Crippen LogP contribution >= 0.6 is 0 Å². The van der Waals surface area contributed by atoms with E-state index >= 15 is 0 Å². The summed E-state index contributed by atoms with van der Waals surface area (Å²) in [7, 11) is 3.60. The summed E-state index contributed by atoms with van der Waals surface area (Å²) in [5.74, 6) is 0.984. The molecule has 2 aromatic carbocycles. The van der Waals surface area contributed by atoms with Crippen LogP contribution in [0.25, 0.3) is 5.69 Å². The topological polar surface area (TPSA) is 141 Å². The van der Waals surface area contributed by atoms with Crippen LogP contribution in [-0.2, 0) is 16.0 Å². The molecule has 3 heterocycles. The van der Waals surface area contributed by atoms with Gasteiger partial charge in [0.25, 0.3) is 0 Å². The molecule has 35 heavy (non-hydrogen) atoms. The number of hydrogen-bond acceptors (Lipinski definition) is 9. The van der Waals surface area contributed by atoms with E-state index in [1.54, 1.807) is 30.0 Å². The molecule has 3 aromatic rings. The molecule has 1 amide bonds. The van der Waals surface area contributed by atoms with Gasteiger partial charge >= 0.3 is 5.97 Å². The van der Waals surface area contributed by atoms with Crippen molar-refractivity contribution in [1.82, 2.24) is 25.1 Å². The lowest BCUT2D eigenvalue weighted by Crippen LogP contribution is -2.35. The Bertz CT molecular complexity index is 1290. The van der Waals surface area contributed by atoms with E-state index in [1.807, 2.05) is 19.2 Å². The van der Waals surface area contributed by atoms with Crippen molar-refractivity contribution in [1.29, 1.82) is 0 Å². The van der Waals surface area contributed by atoms with E-state index in [4.69, 9.17) is 19.3 Å². The Labute approximate surface area is 200 Å². The minimum absolute atomic E-state index is 0.116. The van der Waals surface area contributed by atoms with Crippen LogP contribution in [0.2, 0.25) is 0 Å². The van der Waals surface area contributed by atoms with Crippen LogP contribution in [0.15, 0.2) is 30.3 Å². The minimum Gasteiger partial charge on any atom is -0.492 e. The number of carbonyl (C=O) groups is 2. The third-order valence-corrected chi connectivity index (χ3v) is 6.07. The third-order valence-electron chi connectivity index (χ3n) is 6.07. The van der Waals surface area contributed by atoms with Gasteiger partial charge in [0.2, 0.25) is 18.4 Å². The SMILES string of the molecule is COc1c2c(cc3c1C(c1nnnn1-c1cccc(NC(=O)CCC(=O)O)c1)N(C)CC3)OCO2. The van der Waals surface area contributed by atoms with E-state index < -0.39 is 5.97 Å². The number of carbonyl (C=O) groups excluding carboxylic acids is 1. The average molecular weight is 480 g/mol. The summed E-state index contributed by atoms with van der Waals surface area (Å²) in [4.78, 5) is 25.0. The van der Waals surface area contributed by atoms with Crippen molar-refractivity contribution < 1.29 is 28.9 Å². The zero-order valence-electron chi connectivity index (χ0n) is 19.2. The van der Waals surface area contributed by atoms with E-state index in [2.05, 4.69) is 25.7 Å². The van der Waals surface area contributed by atoms with Crippen molar-refractivity contribution in [3.05, 3.63) is 47.3 Å². The van der Waals surface area contributed by atoms with E-state index in [9.17, 15) is 9.59 Å². The molecule has 5 rings (SSSR count). The van der Waals surface area contributed by atoms with Gasteiger partial charge in [0, 0.05) is 24.2 Å². The van der Waals surface area contributed by atoms with Crippen LogP contribution in [0.4, 0.5) is 5.69 Å². The lowest BCUT2D eigenvalue weighted by atomic mass is 9.90. The highest BCUT2D eigenvalue weighted by molar-refractivity contribution is 5.92. The molecular formula is C23H24N6O6. The summed E-state index contributed by atoms with van der Waals surface area (Å²) in [5.41, 5.74) is 3.14. The first-order valence-electron chi connectivity index (χ1n) is 11.1. The molecule has 0 bridgehead atoms. The maximum absolute atomic E-state index is 12.1. The summed E-state index contributed by atoms with van der Waals surface area (Å²) in [6, 6.07) is 8.71. The van der Waals surface area contributed by atoms with Crippen LogP contribution in [0.3, 0.4) is 0 Å². The van der Waals surface area contributed by atoms with Gasteiger partial charge in [0.05, 0.1) is 19.2 Å². The quantitative estimate of drug-likeness (QED) is 0.514. The second-order valence-corrected chi connectivity index (χ2v) is 8.29. The maximum Gasteiger partial charge on any atom is 0.303 e. The van der Waals surface area contributed by atoms with Crippen molar-refractivity contribution in [2.45, 2.75) is 25.3 Å². The molecule has 0 saturated heterocycles. The number of aliphatic carboxylic acids is 1. The monoisotopic (exact) mass is 480 g/mol. The molecule has 0 spiro atoms. The zero-order valence-corrected chi connectivity index (χ0v) is 19.2. The zero-order chi connectivity index (χ0) is 24.5. The minimum atomic E-state index is -1.03. The number of likely N-dealkylation sites (N-methyl/N-ethyl adjacent to an activating group) is 1. The Morgan fingerprint density at radius 2 is 2.11 bits per heavy atom. The lowest BCUT2D eigenvalue weighted by Gasteiger charge is -2.34. The first-order chi connectivity index (χ1) is 17.0. The number of benzene rings is 2. The number of nitrogens with zero attached hydrogens (tertiary/aromatic N) is 5. The summed E-state index contributed by atoms with van der Waals surface area (Å²) < 4.78 is 18.7. The highest BCUT2D eigenvalue weighted by Crippen LogP contribution is 2.50. The van der Waals surface area contributed by atoms with E-state index in [1.165, 1.54) is 0 Å². The number of methoxy groups -OCH3 is 1. The third kappa shape index (κ3) is 4.23. The molecule has 2 N–H and O–H groups in total. The molecule has 1 unspecified atom stereocenters. The van der Waals surface area contributed by atoms with Crippen LogP contribution < -0.4 is 19.5 Å². The summed E-state index contributed by atoms with van der Waals surface area (Å²) in [6.45, 7) is 0.908. The van der Waals surface area contributed by atoms with Gasteiger partial charge in [-0.05, 0) is 53.7 Å². The van der Waals surface area contributed by atoms with Gasteiger partial charge in [-0.25, -0.2) is 0 Å². The highest BCUT2D eigenvalue weighted by atomic mass is 16.7. The molecular weight excluding hydrogens is 456 g/mol. The number of amides is 1. The summed E-state index contributed by atoms with van der Waals surface area (Å²) in [6.07, 6.45) is 0.445. The van der Waals surface area contributed by atoms with Gasteiger partial charge < -0.3 is 24.6 Å². The predicted molar refractivity (Wildman–Crippen MR) is 122 cm³/mol. The molecule has 2 aliphatic heterocycles. The van der Waals surface area contributed by atoms with Crippen molar-refractivity contribution in [3.63, 3.8) is 0 Å². The molecule has 2 aliphatic rings. The largest absolute Gasteiger partial charge is 0.492 e. The molecule has 0 saturated carbocycles. The van der Waals surface area contributed by atoms with E-state index in [-0.39, 0.29) is 31.6 Å². The molecule has 12 heteroatoms. The summed E-state index contributed by atoms with van der Waals surface area (Å²) >= 11 is 0. The van der Waals surface area contributed by atoms with Gasteiger partial charge in [-0.2, -0.15) is 4.68 Å². The number of carboxylic acid groups (broad SMARTS) is 1. The van der Waals surface area contributed by atoms with E-state index in [0.717, 1.165) is 24.1 Å². The predicted octanol–water partition coefficient (Wildman–Crippen LogP) is 1.78. The van der Waals surface area contributed by atoms with Gasteiger partial charge in [-0.15, -0.1) is 5.10 Å². The Morgan fingerprint density at radius 3 is 2.91 bits per heavy atom. The van der Waals surface area contributed by atoms with Crippen LogP contribution in [0, 0.1) is 0 Å². The van der Waals surface area contributed by atoms with Gasteiger partial charge in [-0.1, -0.05) is 6.07 Å². The van der Waals surface area contributed by atoms with E-state index in [0.29, 0.717) is 34.4 Å². The molecule has 1 atom stereocenters. The smallest absolute Gasteiger partial charge is 0.303 e. The summed E-state index contributed by atoms with van der Waals surface area (Å²) in [5, 5.41) is 24.0. The number of fused-ring (bicyclic) bond motifs is 2. The Kier molecular flexibility index (Phi) is 5.95. The molecule has 1 aromatic heterocycles. The molecule has 0 fully saturated rings. The molecule has 0 radical (unpaired) electrons. The normalized spacial score (nSPS) is 16.6. The average Bonchev–Trinajstić information content (AvgIpc) is 3.51. The number of nitrogens with one attached hydrogen (secondary N) is 1. The fourth-order valence-electron chi connectivity index (χ4n) is 4.47. The number of ether oxygens (including phenoxy) is 3. The van der Waals surface area contributed by atoms with Crippen molar-refractivity contribution in [2.75, 3.05) is 32.8 Å². The van der Waals surface area contributed by atoms with Crippen molar-refractivity contribution in [2.24, 2.45) is 0 Å². The Hall–Kier alpha value is -4.19. The molecule has 182 valence electrons. The lowest BCUT2D eigenvalue weighted by molar-refractivity contribution is -0.138. The maximum atomic E-state index is 12.1. The first-order valence-corrected chi connectivity index (χ1v) is 11.1. The fourth-order valence-corrected chi connectivity index (χ4v) is 4.47. The fraction of sp³-hybridized carbons (Fsp3) is 0.348. The molecule has 0 aliphatic carbocycles.